The first kappa shape index (κ1) is 16.4. The van der Waals surface area contributed by atoms with Crippen LogP contribution in [-0.4, -0.2) is 30.0 Å². The van der Waals surface area contributed by atoms with Crippen molar-refractivity contribution < 1.29 is 9.53 Å². The zero-order valence-corrected chi connectivity index (χ0v) is 14.3. The molecule has 0 fully saturated rings. The molecular weight excluding hydrogens is 300 g/mol. The van der Waals surface area contributed by atoms with Gasteiger partial charge in [0.1, 0.15) is 11.8 Å². The molecule has 24 heavy (non-hydrogen) atoms. The van der Waals surface area contributed by atoms with Gasteiger partial charge in [0.15, 0.2) is 0 Å². The van der Waals surface area contributed by atoms with Crippen molar-refractivity contribution in [2.24, 2.45) is 0 Å². The second-order valence-electron chi connectivity index (χ2n) is 6.07. The smallest absolute Gasteiger partial charge is 0.245 e. The second kappa shape index (κ2) is 7.39. The molecule has 1 atom stereocenters. The first-order valence-electron chi connectivity index (χ1n) is 8.53. The number of carbonyl (C=O) groups is 1. The lowest BCUT2D eigenvalue weighted by molar-refractivity contribution is -0.132. The fourth-order valence-electron chi connectivity index (χ4n) is 3.12. The lowest BCUT2D eigenvalue weighted by atomic mass is 9.99. The topological polar surface area (TPSA) is 41.6 Å². The van der Waals surface area contributed by atoms with Crippen LogP contribution in [0, 0.1) is 0 Å². The third kappa shape index (κ3) is 3.53. The molecule has 0 bridgehead atoms. The van der Waals surface area contributed by atoms with Crippen molar-refractivity contribution in [3.05, 3.63) is 59.7 Å². The van der Waals surface area contributed by atoms with Crippen LogP contribution in [0.5, 0.6) is 5.75 Å². The Hall–Kier alpha value is -2.49. The maximum Gasteiger partial charge on any atom is 0.245 e. The van der Waals surface area contributed by atoms with Crippen LogP contribution in [0.1, 0.15) is 25.0 Å². The van der Waals surface area contributed by atoms with Gasteiger partial charge in [-0.25, -0.2) is 0 Å². The molecule has 0 saturated carbocycles. The molecule has 126 valence electrons. The van der Waals surface area contributed by atoms with Gasteiger partial charge in [-0.3, -0.25) is 4.79 Å². The van der Waals surface area contributed by atoms with Crippen molar-refractivity contribution in [2.75, 3.05) is 18.5 Å². The molecule has 1 aliphatic rings. The van der Waals surface area contributed by atoms with E-state index in [1.165, 1.54) is 11.1 Å². The minimum atomic E-state index is -0.295. The van der Waals surface area contributed by atoms with E-state index in [4.69, 9.17) is 4.74 Å². The zero-order valence-electron chi connectivity index (χ0n) is 14.3. The van der Waals surface area contributed by atoms with E-state index in [1.807, 2.05) is 49.1 Å². The first-order chi connectivity index (χ1) is 11.7. The predicted molar refractivity (Wildman–Crippen MR) is 96.3 cm³/mol. The van der Waals surface area contributed by atoms with E-state index >= 15 is 0 Å². The Morgan fingerprint density at radius 1 is 1.17 bits per heavy atom. The number of carbonyl (C=O) groups excluding carboxylic acids is 1. The SMILES string of the molecule is CCOc1ccccc1NC(C)C(=O)N1CCc2ccccc2C1. The molecule has 0 spiro atoms. The van der Waals surface area contributed by atoms with Gasteiger partial charge in [0.05, 0.1) is 12.3 Å². The maximum atomic E-state index is 12.8. The minimum absolute atomic E-state index is 0.121. The molecule has 0 saturated heterocycles. The van der Waals surface area contributed by atoms with E-state index in [-0.39, 0.29) is 11.9 Å². The number of fused-ring (bicyclic) bond motifs is 1. The minimum Gasteiger partial charge on any atom is -0.492 e. The molecular formula is C20H24N2O2. The normalized spacial score (nSPS) is 14.7. The van der Waals surface area contributed by atoms with Gasteiger partial charge >= 0.3 is 0 Å². The fourth-order valence-corrected chi connectivity index (χ4v) is 3.12. The quantitative estimate of drug-likeness (QED) is 0.915. The van der Waals surface area contributed by atoms with Crippen LogP contribution in [0.15, 0.2) is 48.5 Å². The Kier molecular flexibility index (Phi) is 5.04. The van der Waals surface area contributed by atoms with Gasteiger partial charge in [-0.05, 0) is 43.5 Å². The molecule has 2 aromatic carbocycles. The standard InChI is InChI=1S/C20H24N2O2/c1-3-24-19-11-7-6-10-18(19)21-15(2)20(23)22-13-12-16-8-4-5-9-17(16)14-22/h4-11,15,21H,3,12-14H2,1-2H3. The number of benzene rings is 2. The molecule has 1 unspecified atom stereocenters. The summed E-state index contributed by atoms with van der Waals surface area (Å²) in [5, 5.41) is 3.30. The Bertz CT molecular complexity index is 714. The van der Waals surface area contributed by atoms with Crippen LogP contribution in [0.4, 0.5) is 5.69 Å². The molecule has 3 rings (SSSR count). The van der Waals surface area contributed by atoms with Crippen molar-refractivity contribution in [3.8, 4) is 5.75 Å². The maximum absolute atomic E-state index is 12.8. The van der Waals surface area contributed by atoms with Gasteiger partial charge in [0.25, 0.3) is 0 Å². The highest BCUT2D eigenvalue weighted by molar-refractivity contribution is 5.85. The predicted octanol–water partition coefficient (Wildman–Crippen LogP) is 3.47. The van der Waals surface area contributed by atoms with E-state index in [1.54, 1.807) is 0 Å². The summed E-state index contributed by atoms with van der Waals surface area (Å²) in [6.07, 6.45) is 0.921. The number of ether oxygens (including phenoxy) is 1. The molecule has 1 aliphatic heterocycles. The van der Waals surface area contributed by atoms with Crippen molar-refractivity contribution >= 4 is 11.6 Å². The van der Waals surface area contributed by atoms with Gasteiger partial charge in [0.2, 0.25) is 5.91 Å². The van der Waals surface area contributed by atoms with Crippen LogP contribution in [-0.2, 0) is 17.8 Å². The number of amides is 1. The highest BCUT2D eigenvalue weighted by Gasteiger charge is 2.24. The highest BCUT2D eigenvalue weighted by atomic mass is 16.5. The summed E-state index contributed by atoms with van der Waals surface area (Å²) >= 11 is 0. The van der Waals surface area contributed by atoms with Gasteiger partial charge in [-0.1, -0.05) is 36.4 Å². The summed E-state index contributed by atoms with van der Waals surface area (Å²) in [6, 6.07) is 15.8. The van der Waals surface area contributed by atoms with E-state index < -0.39 is 0 Å². The van der Waals surface area contributed by atoms with Crippen molar-refractivity contribution in [1.82, 2.24) is 4.90 Å². The van der Waals surface area contributed by atoms with E-state index in [0.29, 0.717) is 13.2 Å². The average molecular weight is 324 g/mol. The largest absolute Gasteiger partial charge is 0.492 e. The van der Waals surface area contributed by atoms with Gasteiger partial charge in [-0.15, -0.1) is 0 Å². The molecule has 2 aromatic rings. The Morgan fingerprint density at radius 3 is 2.67 bits per heavy atom. The van der Waals surface area contributed by atoms with Crippen LogP contribution in [0.25, 0.3) is 0 Å². The Labute approximate surface area is 143 Å². The molecule has 4 heteroatoms. The van der Waals surface area contributed by atoms with E-state index in [2.05, 4.69) is 23.5 Å². The van der Waals surface area contributed by atoms with E-state index in [0.717, 1.165) is 24.4 Å². The number of nitrogens with zero attached hydrogens (tertiary/aromatic N) is 1. The third-order valence-electron chi connectivity index (χ3n) is 4.37. The summed E-state index contributed by atoms with van der Waals surface area (Å²) in [4.78, 5) is 14.7. The summed E-state index contributed by atoms with van der Waals surface area (Å²) in [6.45, 7) is 5.93. The second-order valence-corrected chi connectivity index (χ2v) is 6.07. The van der Waals surface area contributed by atoms with Crippen molar-refractivity contribution in [3.63, 3.8) is 0 Å². The summed E-state index contributed by atoms with van der Waals surface area (Å²) in [7, 11) is 0. The average Bonchev–Trinajstić information content (AvgIpc) is 2.62. The number of para-hydroxylation sites is 2. The lowest BCUT2D eigenvalue weighted by Gasteiger charge is -2.31. The summed E-state index contributed by atoms with van der Waals surface area (Å²) < 4.78 is 5.62. The lowest BCUT2D eigenvalue weighted by Crippen LogP contribution is -2.43. The van der Waals surface area contributed by atoms with Gasteiger partial charge in [-0.2, -0.15) is 0 Å². The Morgan fingerprint density at radius 2 is 1.88 bits per heavy atom. The third-order valence-corrected chi connectivity index (χ3v) is 4.37. The summed E-state index contributed by atoms with van der Waals surface area (Å²) in [5.74, 6) is 0.902. The molecule has 4 nitrogen and oxygen atoms in total. The van der Waals surface area contributed by atoms with E-state index in [9.17, 15) is 4.79 Å². The molecule has 0 radical (unpaired) electrons. The number of hydrogen-bond donors (Lipinski definition) is 1. The number of nitrogens with one attached hydrogen (secondary N) is 1. The number of anilines is 1. The van der Waals surface area contributed by atoms with Crippen LogP contribution >= 0.6 is 0 Å². The molecule has 1 heterocycles. The summed E-state index contributed by atoms with van der Waals surface area (Å²) in [5.41, 5.74) is 3.46. The zero-order chi connectivity index (χ0) is 16.9. The first-order valence-corrected chi connectivity index (χ1v) is 8.53. The molecule has 0 aromatic heterocycles. The molecule has 1 N–H and O–H groups in total. The monoisotopic (exact) mass is 324 g/mol. The number of hydrogen-bond acceptors (Lipinski definition) is 3. The number of rotatable bonds is 5. The van der Waals surface area contributed by atoms with Crippen LogP contribution in [0.3, 0.4) is 0 Å². The van der Waals surface area contributed by atoms with Crippen molar-refractivity contribution in [2.45, 2.75) is 32.9 Å². The van der Waals surface area contributed by atoms with Crippen molar-refractivity contribution in [1.29, 1.82) is 0 Å². The van der Waals surface area contributed by atoms with Gasteiger partial charge in [0, 0.05) is 13.1 Å². The Balaban J connectivity index is 1.68. The van der Waals surface area contributed by atoms with Gasteiger partial charge < -0.3 is 15.0 Å². The van der Waals surface area contributed by atoms with Crippen LogP contribution in [0.2, 0.25) is 0 Å². The molecule has 0 aliphatic carbocycles. The van der Waals surface area contributed by atoms with Crippen LogP contribution < -0.4 is 10.1 Å². The fraction of sp³-hybridized carbons (Fsp3) is 0.350. The molecule has 1 amide bonds. The highest BCUT2D eigenvalue weighted by Crippen LogP contribution is 2.25.